The highest BCUT2D eigenvalue weighted by Gasteiger charge is 2.42. The van der Waals surface area contributed by atoms with Crippen LogP contribution in [0.5, 0.6) is 0 Å². The van der Waals surface area contributed by atoms with Gasteiger partial charge < -0.3 is 5.11 Å². The molecule has 0 aliphatic heterocycles. The number of aliphatic hydroxyl groups excluding tert-OH is 1. The molecule has 68 valence electrons. The van der Waals surface area contributed by atoms with Gasteiger partial charge in [-0.1, -0.05) is 6.92 Å². The second-order valence-electron chi connectivity index (χ2n) is 4.89. The maximum Gasteiger partial charge on any atom is 0.133 e. The fourth-order valence-electron chi connectivity index (χ4n) is 3.07. The lowest BCUT2D eigenvalue weighted by atomic mass is 9.62. The molecule has 12 heavy (non-hydrogen) atoms. The number of Topliss-reactive ketones (excluding diaryl/α,β-unsaturated/α-hetero) is 1. The molecule has 0 saturated heterocycles. The quantitative estimate of drug-likeness (QED) is 0.595. The molecule has 0 aromatic heterocycles. The van der Waals surface area contributed by atoms with Crippen molar-refractivity contribution in [3.8, 4) is 0 Å². The van der Waals surface area contributed by atoms with Gasteiger partial charge in [-0.15, -0.1) is 0 Å². The molecule has 1 N–H and O–H groups in total. The van der Waals surface area contributed by atoms with E-state index in [2.05, 4.69) is 6.92 Å². The molecule has 2 rings (SSSR count). The summed E-state index contributed by atoms with van der Waals surface area (Å²) in [6.07, 6.45) is 4.08. The monoisotopic (exact) mass is 168 g/mol. The van der Waals surface area contributed by atoms with Gasteiger partial charge in [-0.2, -0.15) is 0 Å². The average Bonchev–Trinajstić information content (AvgIpc) is 1.78. The van der Waals surface area contributed by atoms with Crippen LogP contribution in [0.15, 0.2) is 0 Å². The molecule has 0 radical (unpaired) electrons. The van der Waals surface area contributed by atoms with Crippen LogP contribution in [-0.2, 0) is 4.79 Å². The fraction of sp³-hybridized carbons (Fsp3) is 0.900. The van der Waals surface area contributed by atoms with Crippen LogP contribution in [0.3, 0.4) is 0 Å². The average molecular weight is 168 g/mol. The van der Waals surface area contributed by atoms with Gasteiger partial charge >= 0.3 is 0 Å². The summed E-state index contributed by atoms with van der Waals surface area (Å²) in [5.41, 5.74) is 0.123. The first kappa shape index (κ1) is 8.24. The lowest BCUT2D eigenvalue weighted by molar-refractivity contribution is -0.129. The summed E-state index contributed by atoms with van der Waals surface area (Å²) in [7, 11) is 0. The third-order valence-electron chi connectivity index (χ3n) is 3.26. The van der Waals surface area contributed by atoms with E-state index in [1.165, 1.54) is 0 Å². The Labute approximate surface area is 73.0 Å². The molecule has 2 fully saturated rings. The number of rotatable bonds is 0. The van der Waals surface area contributed by atoms with E-state index in [-0.39, 0.29) is 11.5 Å². The Hall–Kier alpha value is -0.370. The topological polar surface area (TPSA) is 37.3 Å². The summed E-state index contributed by atoms with van der Waals surface area (Å²) < 4.78 is 0. The van der Waals surface area contributed by atoms with Crippen molar-refractivity contribution in [2.45, 2.75) is 45.1 Å². The predicted octanol–water partition coefficient (Wildman–Crippen LogP) is 1.52. The summed E-state index contributed by atoms with van der Waals surface area (Å²) in [4.78, 5) is 11.3. The maximum absolute atomic E-state index is 11.3. The molecular formula is C10H16O2. The number of carbonyl (C=O) groups excluding carboxylic acids is 1. The lowest BCUT2D eigenvalue weighted by Crippen LogP contribution is -2.40. The van der Waals surface area contributed by atoms with Crippen molar-refractivity contribution >= 4 is 5.78 Å². The van der Waals surface area contributed by atoms with E-state index < -0.39 is 0 Å². The van der Waals surface area contributed by atoms with Crippen LogP contribution < -0.4 is 0 Å². The molecule has 0 spiro atoms. The van der Waals surface area contributed by atoms with Gasteiger partial charge in [0.2, 0.25) is 0 Å². The fourth-order valence-corrected chi connectivity index (χ4v) is 3.07. The smallest absolute Gasteiger partial charge is 0.133 e. The van der Waals surface area contributed by atoms with Gasteiger partial charge in [0.05, 0.1) is 6.10 Å². The first-order valence-corrected chi connectivity index (χ1v) is 4.77. The summed E-state index contributed by atoms with van der Waals surface area (Å²) >= 11 is 0. The molecule has 2 nitrogen and oxygen atoms in total. The number of ketones is 1. The summed E-state index contributed by atoms with van der Waals surface area (Å²) in [5, 5.41) is 9.56. The van der Waals surface area contributed by atoms with Gasteiger partial charge in [0.25, 0.3) is 0 Å². The minimum atomic E-state index is -0.151. The standard InChI is InChI=1S/C10H16O2/c1-10-4-7(2-8(11)5-10)3-9(12)6-10/h7-8,11H,2-6H2,1H3/t7-,8+,10+/m1/s1. The number of aliphatic hydroxyl groups is 1. The van der Waals surface area contributed by atoms with E-state index in [4.69, 9.17) is 0 Å². The van der Waals surface area contributed by atoms with Crippen molar-refractivity contribution in [3.05, 3.63) is 0 Å². The van der Waals surface area contributed by atoms with Crippen LogP contribution in [0.1, 0.15) is 39.0 Å². The zero-order valence-electron chi connectivity index (χ0n) is 7.55. The molecular weight excluding hydrogens is 152 g/mol. The molecule has 0 amide bonds. The number of hydrogen-bond donors (Lipinski definition) is 1. The Balaban J connectivity index is 2.16. The van der Waals surface area contributed by atoms with Crippen LogP contribution in [-0.4, -0.2) is 17.0 Å². The van der Waals surface area contributed by atoms with E-state index in [9.17, 15) is 9.90 Å². The normalized spacial score (nSPS) is 47.7. The van der Waals surface area contributed by atoms with Gasteiger partial charge in [0, 0.05) is 12.8 Å². The van der Waals surface area contributed by atoms with Crippen molar-refractivity contribution in [1.29, 1.82) is 0 Å². The molecule has 2 aliphatic rings. The van der Waals surface area contributed by atoms with Gasteiger partial charge in [0.1, 0.15) is 5.78 Å². The molecule has 2 heteroatoms. The third-order valence-corrected chi connectivity index (χ3v) is 3.26. The SMILES string of the molecule is C[C@@]12CC(=O)C[C@@H](C[C@H](O)C1)C2. The Bertz CT molecular complexity index is 208. The number of hydrogen-bond acceptors (Lipinski definition) is 2. The molecule has 2 saturated carbocycles. The van der Waals surface area contributed by atoms with Crippen molar-refractivity contribution in [1.82, 2.24) is 0 Å². The zero-order valence-corrected chi connectivity index (χ0v) is 7.55. The highest BCUT2D eigenvalue weighted by atomic mass is 16.3. The third kappa shape index (κ3) is 1.40. The Morgan fingerprint density at radius 1 is 1.50 bits per heavy atom. The highest BCUT2D eigenvalue weighted by Crippen LogP contribution is 2.47. The van der Waals surface area contributed by atoms with Crippen molar-refractivity contribution in [3.63, 3.8) is 0 Å². The summed E-state index contributed by atoms with van der Waals surface area (Å²) in [6.45, 7) is 2.14. The van der Waals surface area contributed by atoms with Crippen molar-refractivity contribution < 1.29 is 9.90 Å². The van der Waals surface area contributed by atoms with Gasteiger partial charge in [0.15, 0.2) is 0 Å². The van der Waals surface area contributed by atoms with Gasteiger partial charge in [-0.3, -0.25) is 4.79 Å². The molecule has 0 heterocycles. The predicted molar refractivity (Wildman–Crippen MR) is 45.7 cm³/mol. The molecule has 2 bridgehead atoms. The number of fused-ring (bicyclic) bond motifs is 2. The molecule has 0 aromatic rings. The van der Waals surface area contributed by atoms with Crippen LogP contribution in [0.2, 0.25) is 0 Å². The van der Waals surface area contributed by atoms with Crippen LogP contribution in [0.25, 0.3) is 0 Å². The Kier molecular flexibility index (Phi) is 1.76. The Morgan fingerprint density at radius 3 is 2.92 bits per heavy atom. The molecule has 3 atom stereocenters. The van der Waals surface area contributed by atoms with Gasteiger partial charge in [-0.05, 0) is 30.6 Å². The zero-order chi connectivity index (χ0) is 8.77. The number of carbonyl (C=O) groups is 1. The van der Waals surface area contributed by atoms with Crippen molar-refractivity contribution in [2.24, 2.45) is 11.3 Å². The lowest BCUT2D eigenvalue weighted by Gasteiger charge is -2.44. The largest absolute Gasteiger partial charge is 0.393 e. The van der Waals surface area contributed by atoms with Crippen LogP contribution in [0, 0.1) is 11.3 Å². The molecule has 2 aliphatic carbocycles. The van der Waals surface area contributed by atoms with E-state index in [0.717, 1.165) is 19.3 Å². The summed E-state index contributed by atoms with van der Waals surface area (Å²) in [5.74, 6) is 0.876. The van der Waals surface area contributed by atoms with E-state index in [1.54, 1.807) is 0 Å². The highest BCUT2D eigenvalue weighted by molar-refractivity contribution is 5.80. The second-order valence-corrected chi connectivity index (χ2v) is 4.89. The van der Waals surface area contributed by atoms with E-state index in [0.29, 0.717) is 24.5 Å². The van der Waals surface area contributed by atoms with Crippen LogP contribution >= 0.6 is 0 Å². The van der Waals surface area contributed by atoms with E-state index >= 15 is 0 Å². The minimum Gasteiger partial charge on any atom is -0.393 e. The minimum absolute atomic E-state index is 0.123. The van der Waals surface area contributed by atoms with Gasteiger partial charge in [-0.25, -0.2) is 0 Å². The second kappa shape index (κ2) is 2.56. The maximum atomic E-state index is 11.3. The Morgan fingerprint density at radius 2 is 2.25 bits per heavy atom. The van der Waals surface area contributed by atoms with Crippen molar-refractivity contribution in [2.75, 3.05) is 0 Å². The molecule has 0 aromatic carbocycles. The first-order chi connectivity index (χ1) is 5.57. The summed E-state index contributed by atoms with van der Waals surface area (Å²) in [6, 6.07) is 0. The molecule has 0 unspecified atom stereocenters. The first-order valence-electron chi connectivity index (χ1n) is 4.77. The van der Waals surface area contributed by atoms with E-state index in [1.807, 2.05) is 0 Å². The van der Waals surface area contributed by atoms with Crippen LogP contribution in [0.4, 0.5) is 0 Å².